The number of carbonyl (C=O) groups excluding carboxylic acids is 1. The standard InChI is InChI=1S/C10H9ClNO/c11-8-3-1-2-4-9(8)12-10(13)7-5-6-7/h1,3-4,7H,5-6H2,(H,12,13). The lowest BCUT2D eigenvalue weighted by Crippen LogP contribution is -2.13. The van der Waals surface area contributed by atoms with Crippen LogP contribution < -0.4 is 5.32 Å². The van der Waals surface area contributed by atoms with Crippen LogP contribution in [-0.4, -0.2) is 5.91 Å². The largest absolute Gasteiger partial charge is 0.325 e. The molecule has 1 aliphatic rings. The van der Waals surface area contributed by atoms with Crippen molar-refractivity contribution in [2.45, 2.75) is 12.8 Å². The molecule has 1 aromatic carbocycles. The second-order valence-corrected chi connectivity index (χ2v) is 3.58. The van der Waals surface area contributed by atoms with Crippen LogP contribution in [0.1, 0.15) is 12.8 Å². The molecule has 0 heterocycles. The topological polar surface area (TPSA) is 29.1 Å². The number of carbonyl (C=O) groups is 1. The van der Waals surface area contributed by atoms with Crippen molar-refractivity contribution in [3.63, 3.8) is 0 Å². The molecule has 0 saturated heterocycles. The second kappa shape index (κ2) is 3.38. The van der Waals surface area contributed by atoms with Crippen molar-refractivity contribution in [2.24, 2.45) is 5.92 Å². The molecule has 1 aromatic rings. The first-order valence-electron chi connectivity index (χ1n) is 4.24. The number of hydrogen-bond acceptors (Lipinski definition) is 1. The molecule has 2 nitrogen and oxygen atoms in total. The van der Waals surface area contributed by atoms with Crippen molar-refractivity contribution in [1.82, 2.24) is 0 Å². The van der Waals surface area contributed by atoms with Crippen LogP contribution in [0.2, 0.25) is 5.02 Å². The molecule has 0 aliphatic heterocycles. The Labute approximate surface area is 81.9 Å². The van der Waals surface area contributed by atoms with Gasteiger partial charge in [0.2, 0.25) is 5.91 Å². The van der Waals surface area contributed by atoms with Gasteiger partial charge < -0.3 is 5.32 Å². The summed E-state index contributed by atoms with van der Waals surface area (Å²) in [6, 6.07) is 7.98. The maximum atomic E-state index is 11.3. The lowest BCUT2D eigenvalue weighted by Gasteiger charge is -2.04. The van der Waals surface area contributed by atoms with Gasteiger partial charge in [0.1, 0.15) is 0 Å². The third-order valence-corrected chi connectivity index (χ3v) is 2.35. The van der Waals surface area contributed by atoms with Crippen molar-refractivity contribution in [3.05, 3.63) is 29.3 Å². The molecule has 0 aromatic heterocycles. The minimum atomic E-state index is 0.0708. The summed E-state index contributed by atoms with van der Waals surface area (Å²) in [7, 11) is 0. The molecule has 0 bridgehead atoms. The van der Waals surface area contributed by atoms with E-state index in [4.69, 9.17) is 11.6 Å². The molecule has 3 heteroatoms. The van der Waals surface area contributed by atoms with Gasteiger partial charge in [-0.1, -0.05) is 17.7 Å². The Hall–Kier alpha value is -1.02. The molecule has 67 valence electrons. The zero-order valence-electron chi connectivity index (χ0n) is 7.01. The van der Waals surface area contributed by atoms with Crippen molar-refractivity contribution >= 4 is 23.2 Å². The Morgan fingerprint density at radius 1 is 1.62 bits per heavy atom. The molecule has 0 spiro atoms. The third kappa shape index (κ3) is 2.01. The normalized spacial score (nSPS) is 15.5. The van der Waals surface area contributed by atoms with E-state index in [1.807, 2.05) is 0 Å². The van der Waals surface area contributed by atoms with Crippen molar-refractivity contribution in [2.75, 3.05) is 5.32 Å². The average molecular weight is 195 g/mol. The lowest BCUT2D eigenvalue weighted by molar-refractivity contribution is -0.117. The van der Waals surface area contributed by atoms with E-state index < -0.39 is 0 Å². The van der Waals surface area contributed by atoms with Crippen LogP contribution in [0.4, 0.5) is 5.69 Å². The Kier molecular flexibility index (Phi) is 2.23. The molecule has 0 unspecified atom stereocenters. The van der Waals surface area contributed by atoms with Crippen LogP contribution in [0.5, 0.6) is 0 Å². The van der Waals surface area contributed by atoms with Crippen LogP contribution >= 0.6 is 11.6 Å². The minimum absolute atomic E-state index is 0.0708. The maximum Gasteiger partial charge on any atom is 0.227 e. The Balaban J connectivity index is 2.08. The fourth-order valence-electron chi connectivity index (χ4n) is 1.09. The van der Waals surface area contributed by atoms with E-state index in [0.29, 0.717) is 10.7 Å². The fourth-order valence-corrected chi connectivity index (χ4v) is 1.25. The van der Waals surface area contributed by atoms with Gasteiger partial charge in [-0.05, 0) is 31.0 Å². The summed E-state index contributed by atoms with van der Waals surface area (Å²) in [6.07, 6.45) is 2.00. The van der Waals surface area contributed by atoms with Crippen molar-refractivity contribution in [3.8, 4) is 0 Å². The van der Waals surface area contributed by atoms with E-state index in [2.05, 4.69) is 11.4 Å². The van der Waals surface area contributed by atoms with Gasteiger partial charge in [-0.15, -0.1) is 0 Å². The molecule has 1 aliphatic carbocycles. The molecule has 1 radical (unpaired) electrons. The van der Waals surface area contributed by atoms with Gasteiger partial charge in [0, 0.05) is 5.92 Å². The van der Waals surface area contributed by atoms with Crippen LogP contribution in [0, 0.1) is 12.0 Å². The molecule has 0 atom stereocenters. The highest BCUT2D eigenvalue weighted by Gasteiger charge is 2.29. The van der Waals surface area contributed by atoms with E-state index >= 15 is 0 Å². The molecular weight excluding hydrogens is 186 g/mol. The molecular formula is C10H9ClNO. The van der Waals surface area contributed by atoms with E-state index in [0.717, 1.165) is 12.8 Å². The number of benzene rings is 1. The first-order chi connectivity index (χ1) is 6.27. The zero-order valence-corrected chi connectivity index (χ0v) is 7.77. The molecule has 1 N–H and O–H groups in total. The first kappa shape index (κ1) is 8.57. The van der Waals surface area contributed by atoms with Gasteiger partial charge >= 0.3 is 0 Å². The molecule has 1 saturated carbocycles. The average Bonchev–Trinajstić information content (AvgIpc) is 2.91. The SMILES string of the molecule is O=C(Nc1c[c]ccc1Cl)C1CC1. The number of halogens is 1. The predicted octanol–water partition coefficient (Wildman–Crippen LogP) is 2.49. The second-order valence-electron chi connectivity index (χ2n) is 3.17. The van der Waals surface area contributed by atoms with Crippen LogP contribution in [-0.2, 0) is 4.79 Å². The van der Waals surface area contributed by atoms with Gasteiger partial charge in [0.25, 0.3) is 0 Å². The third-order valence-electron chi connectivity index (χ3n) is 2.02. The van der Waals surface area contributed by atoms with Gasteiger partial charge in [-0.25, -0.2) is 0 Å². The zero-order chi connectivity index (χ0) is 9.26. The smallest absolute Gasteiger partial charge is 0.227 e. The minimum Gasteiger partial charge on any atom is -0.325 e. The monoisotopic (exact) mass is 194 g/mol. The van der Waals surface area contributed by atoms with E-state index in [9.17, 15) is 4.79 Å². The maximum absolute atomic E-state index is 11.3. The van der Waals surface area contributed by atoms with E-state index in [-0.39, 0.29) is 11.8 Å². The summed E-state index contributed by atoms with van der Waals surface area (Å²) < 4.78 is 0. The van der Waals surface area contributed by atoms with Crippen LogP contribution in [0.3, 0.4) is 0 Å². The molecule has 1 amide bonds. The van der Waals surface area contributed by atoms with Crippen LogP contribution in [0.15, 0.2) is 18.2 Å². The number of nitrogens with one attached hydrogen (secondary N) is 1. The molecule has 13 heavy (non-hydrogen) atoms. The molecule has 2 rings (SSSR count). The number of hydrogen-bond donors (Lipinski definition) is 1. The number of amides is 1. The van der Waals surface area contributed by atoms with Gasteiger partial charge in [-0.2, -0.15) is 0 Å². The highest BCUT2D eigenvalue weighted by atomic mass is 35.5. The summed E-state index contributed by atoms with van der Waals surface area (Å²) in [6.45, 7) is 0. The summed E-state index contributed by atoms with van der Waals surface area (Å²) in [5.41, 5.74) is 0.654. The quantitative estimate of drug-likeness (QED) is 0.770. The summed E-state index contributed by atoms with van der Waals surface area (Å²) in [4.78, 5) is 11.3. The highest BCUT2D eigenvalue weighted by Crippen LogP contribution is 2.31. The Morgan fingerprint density at radius 3 is 3.00 bits per heavy atom. The van der Waals surface area contributed by atoms with Crippen molar-refractivity contribution < 1.29 is 4.79 Å². The Morgan fingerprint density at radius 2 is 2.38 bits per heavy atom. The first-order valence-corrected chi connectivity index (χ1v) is 4.61. The summed E-state index contributed by atoms with van der Waals surface area (Å²) in [5.74, 6) is 0.276. The predicted molar refractivity (Wildman–Crippen MR) is 51.6 cm³/mol. The van der Waals surface area contributed by atoms with Gasteiger partial charge in [0.15, 0.2) is 0 Å². The lowest BCUT2D eigenvalue weighted by atomic mass is 10.3. The number of anilines is 1. The van der Waals surface area contributed by atoms with E-state index in [1.165, 1.54) is 0 Å². The van der Waals surface area contributed by atoms with E-state index in [1.54, 1.807) is 18.2 Å². The molecule has 1 fully saturated rings. The van der Waals surface area contributed by atoms with Crippen molar-refractivity contribution in [1.29, 1.82) is 0 Å². The Bertz CT molecular complexity index is 333. The number of rotatable bonds is 2. The summed E-state index contributed by atoms with van der Waals surface area (Å²) in [5, 5.41) is 3.33. The van der Waals surface area contributed by atoms with Crippen LogP contribution in [0.25, 0.3) is 0 Å². The van der Waals surface area contributed by atoms with Gasteiger partial charge in [-0.3, -0.25) is 4.79 Å². The van der Waals surface area contributed by atoms with Gasteiger partial charge in [0.05, 0.1) is 10.7 Å². The summed E-state index contributed by atoms with van der Waals surface area (Å²) >= 11 is 5.86. The fraction of sp³-hybridized carbons (Fsp3) is 0.300. The highest BCUT2D eigenvalue weighted by molar-refractivity contribution is 6.33.